The first-order valence-corrected chi connectivity index (χ1v) is 7.80. The van der Waals surface area contributed by atoms with E-state index in [4.69, 9.17) is 16.3 Å². The van der Waals surface area contributed by atoms with Crippen LogP contribution in [0.25, 0.3) is 0 Å². The van der Waals surface area contributed by atoms with Gasteiger partial charge in [-0.2, -0.15) is 0 Å². The number of fused-ring (bicyclic) bond motifs is 1. The Balaban J connectivity index is 1.56. The number of nitrogens with zero attached hydrogens (tertiary/aromatic N) is 3. The molecule has 6 heteroatoms. The summed E-state index contributed by atoms with van der Waals surface area (Å²) in [7, 11) is 0. The van der Waals surface area contributed by atoms with Crippen molar-refractivity contribution in [1.82, 2.24) is 14.9 Å². The molecule has 3 rings (SSSR count). The molecule has 0 unspecified atom stereocenters. The maximum Gasteiger partial charge on any atom is 0.224 e. The maximum atomic E-state index is 6.26. The summed E-state index contributed by atoms with van der Waals surface area (Å²) >= 11 is 6.26. The zero-order valence-corrected chi connectivity index (χ0v) is 12.5. The Bertz CT molecular complexity index is 463. The lowest BCUT2D eigenvalue weighted by molar-refractivity contribution is 0.0398. The lowest BCUT2D eigenvalue weighted by Gasteiger charge is -2.26. The van der Waals surface area contributed by atoms with Crippen LogP contribution in [0.5, 0.6) is 0 Å². The number of rotatable bonds is 4. The van der Waals surface area contributed by atoms with E-state index in [-0.39, 0.29) is 0 Å². The number of morpholine rings is 1. The molecule has 0 spiro atoms. The average Bonchev–Trinajstić information content (AvgIpc) is 2.48. The molecule has 1 aromatic rings. The molecule has 1 N–H and O–H groups in total. The maximum absolute atomic E-state index is 6.26. The molecular weight excluding hydrogens is 276 g/mol. The van der Waals surface area contributed by atoms with Gasteiger partial charge in [-0.1, -0.05) is 11.6 Å². The fraction of sp³-hybridized carbons (Fsp3) is 0.714. The lowest BCUT2D eigenvalue weighted by Crippen LogP contribution is -2.39. The molecule has 2 heterocycles. The molecule has 1 aliphatic heterocycles. The van der Waals surface area contributed by atoms with E-state index in [2.05, 4.69) is 20.2 Å². The number of halogens is 1. The minimum atomic E-state index is 0.628. The van der Waals surface area contributed by atoms with Crippen LogP contribution in [0, 0.1) is 0 Å². The Labute approximate surface area is 124 Å². The van der Waals surface area contributed by atoms with Gasteiger partial charge >= 0.3 is 0 Å². The van der Waals surface area contributed by atoms with Crippen molar-refractivity contribution in [2.75, 3.05) is 44.7 Å². The summed E-state index contributed by atoms with van der Waals surface area (Å²) in [4.78, 5) is 11.4. The third-order valence-electron chi connectivity index (χ3n) is 3.95. The number of aromatic nitrogens is 2. The predicted octanol–water partition coefficient (Wildman–Crippen LogP) is 1.75. The van der Waals surface area contributed by atoms with E-state index < -0.39 is 0 Å². The second-order valence-corrected chi connectivity index (χ2v) is 5.71. The molecule has 1 aliphatic carbocycles. The van der Waals surface area contributed by atoms with Gasteiger partial charge in [0, 0.05) is 31.7 Å². The van der Waals surface area contributed by atoms with Crippen molar-refractivity contribution in [3.8, 4) is 0 Å². The largest absolute Gasteiger partial charge is 0.379 e. The van der Waals surface area contributed by atoms with Gasteiger partial charge in [-0.05, 0) is 25.7 Å². The molecule has 2 aliphatic rings. The number of aryl methyl sites for hydroxylation is 1. The zero-order valence-electron chi connectivity index (χ0n) is 11.7. The van der Waals surface area contributed by atoms with Crippen LogP contribution in [-0.4, -0.2) is 54.3 Å². The first-order valence-electron chi connectivity index (χ1n) is 7.42. The van der Waals surface area contributed by atoms with Crippen LogP contribution in [0.4, 0.5) is 5.95 Å². The number of ether oxygens (including phenoxy) is 1. The van der Waals surface area contributed by atoms with Gasteiger partial charge in [-0.3, -0.25) is 4.90 Å². The summed E-state index contributed by atoms with van der Waals surface area (Å²) in [6.45, 7) is 5.51. The van der Waals surface area contributed by atoms with Crippen LogP contribution in [0.1, 0.15) is 24.1 Å². The van der Waals surface area contributed by atoms with Gasteiger partial charge in [0.15, 0.2) is 0 Å². The Morgan fingerprint density at radius 2 is 1.95 bits per heavy atom. The molecule has 110 valence electrons. The minimum absolute atomic E-state index is 0.628. The zero-order chi connectivity index (χ0) is 13.8. The molecule has 0 aromatic carbocycles. The molecule has 0 radical (unpaired) electrons. The molecule has 0 atom stereocenters. The summed E-state index contributed by atoms with van der Waals surface area (Å²) in [6.07, 6.45) is 4.44. The Kier molecular flexibility index (Phi) is 4.70. The molecule has 0 amide bonds. The van der Waals surface area contributed by atoms with Crippen LogP contribution in [0.3, 0.4) is 0 Å². The summed E-state index contributed by atoms with van der Waals surface area (Å²) in [5.41, 5.74) is 2.28. The van der Waals surface area contributed by atoms with Crippen molar-refractivity contribution in [2.45, 2.75) is 25.7 Å². The summed E-state index contributed by atoms with van der Waals surface area (Å²) in [5, 5.41) is 3.92. The highest BCUT2D eigenvalue weighted by molar-refractivity contribution is 6.30. The quantitative estimate of drug-likeness (QED) is 0.858. The Morgan fingerprint density at radius 1 is 1.15 bits per heavy atom. The highest BCUT2D eigenvalue weighted by Crippen LogP contribution is 2.26. The topological polar surface area (TPSA) is 50.3 Å². The highest BCUT2D eigenvalue weighted by atomic mass is 35.5. The highest BCUT2D eigenvalue weighted by Gasteiger charge is 2.16. The molecule has 1 aromatic heterocycles. The van der Waals surface area contributed by atoms with E-state index in [1.165, 1.54) is 12.8 Å². The van der Waals surface area contributed by atoms with E-state index in [9.17, 15) is 0 Å². The van der Waals surface area contributed by atoms with E-state index in [1.807, 2.05) is 0 Å². The van der Waals surface area contributed by atoms with Crippen LogP contribution >= 0.6 is 11.6 Å². The summed E-state index contributed by atoms with van der Waals surface area (Å²) < 4.78 is 5.34. The molecule has 20 heavy (non-hydrogen) atoms. The van der Waals surface area contributed by atoms with E-state index in [0.717, 1.165) is 63.5 Å². The standard InChI is InChI=1S/C14H21ClN4O/c15-13-11-3-1-2-4-12(11)17-14(18-13)16-5-6-19-7-9-20-10-8-19/h1-10H2,(H,16,17,18). The SMILES string of the molecule is Clc1nc(NCCN2CCOCC2)nc2c1CCCC2. The van der Waals surface area contributed by atoms with Crippen LogP contribution < -0.4 is 5.32 Å². The lowest BCUT2D eigenvalue weighted by atomic mass is 9.97. The van der Waals surface area contributed by atoms with Gasteiger partial charge in [-0.15, -0.1) is 0 Å². The van der Waals surface area contributed by atoms with E-state index in [0.29, 0.717) is 11.1 Å². The normalized spacial score (nSPS) is 19.6. The molecule has 5 nitrogen and oxygen atoms in total. The Hall–Kier alpha value is -0.910. The first kappa shape index (κ1) is 14.0. The van der Waals surface area contributed by atoms with Crippen LogP contribution in [-0.2, 0) is 17.6 Å². The van der Waals surface area contributed by atoms with Crippen molar-refractivity contribution >= 4 is 17.5 Å². The molecule has 1 saturated heterocycles. The van der Waals surface area contributed by atoms with E-state index >= 15 is 0 Å². The minimum Gasteiger partial charge on any atom is -0.379 e. The molecular formula is C14H21ClN4O. The van der Waals surface area contributed by atoms with Crippen LogP contribution in [0.2, 0.25) is 5.15 Å². The molecule has 1 fully saturated rings. The summed E-state index contributed by atoms with van der Waals surface area (Å²) in [5.74, 6) is 0.670. The second kappa shape index (κ2) is 6.70. The van der Waals surface area contributed by atoms with Gasteiger partial charge in [0.25, 0.3) is 0 Å². The average molecular weight is 297 g/mol. The summed E-state index contributed by atoms with van der Waals surface area (Å²) in [6, 6.07) is 0. The third-order valence-corrected chi connectivity index (χ3v) is 4.26. The first-order chi connectivity index (χ1) is 9.83. The predicted molar refractivity (Wildman–Crippen MR) is 79.4 cm³/mol. The van der Waals surface area contributed by atoms with Crippen molar-refractivity contribution in [3.63, 3.8) is 0 Å². The smallest absolute Gasteiger partial charge is 0.224 e. The monoisotopic (exact) mass is 296 g/mol. The molecule has 0 saturated carbocycles. The van der Waals surface area contributed by atoms with Crippen molar-refractivity contribution in [2.24, 2.45) is 0 Å². The van der Waals surface area contributed by atoms with E-state index in [1.54, 1.807) is 0 Å². The van der Waals surface area contributed by atoms with Crippen molar-refractivity contribution < 1.29 is 4.74 Å². The number of hydrogen-bond donors (Lipinski definition) is 1. The van der Waals surface area contributed by atoms with Gasteiger partial charge in [0.2, 0.25) is 5.95 Å². The fourth-order valence-electron chi connectivity index (χ4n) is 2.78. The fourth-order valence-corrected chi connectivity index (χ4v) is 3.06. The number of anilines is 1. The van der Waals surface area contributed by atoms with Crippen molar-refractivity contribution in [1.29, 1.82) is 0 Å². The van der Waals surface area contributed by atoms with Crippen molar-refractivity contribution in [3.05, 3.63) is 16.4 Å². The van der Waals surface area contributed by atoms with Crippen LogP contribution in [0.15, 0.2) is 0 Å². The van der Waals surface area contributed by atoms with Gasteiger partial charge in [0.1, 0.15) is 5.15 Å². The van der Waals surface area contributed by atoms with Gasteiger partial charge in [0.05, 0.1) is 18.9 Å². The third kappa shape index (κ3) is 3.40. The number of hydrogen-bond acceptors (Lipinski definition) is 5. The Morgan fingerprint density at radius 3 is 2.80 bits per heavy atom. The van der Waals surface area contributed by atoms with Gasteiger partial charge < -0.3 is 10.1 Å². The number of nitrogens with one attached hydrogen (secondary N) is 1. The second-order valence-electron chi connectivity index (χ2n) is 5.35. The molecule has 0 bridgehead atoms. The van der Waals surface area contributed by atoms with Gasteiger partial charge in [-0.25, -0.2) is 9.97 Å².